The first kappa shape index (κ1) is 42.6. The molecule has 0 saturated carbocycles. The summed E-state index contributed by atoms with van der Waals surface area (Å²) in [6.07, 6.45) is 12.2. The maximum Gasteiger partial charge on any atom is 0.211 e. The van der Waals surface area contributed by atoms with E-state index in [1.165, 1.54) is 55.2 Å². The van der Waals surface area contributed by atoms with Crippen molar-refractivity contribution in [2.24, 2.45) is 12.5 Å². The first-order chi connectivity index (χ1) is 22.8. The Labute approximate surface area is 292 Å². The molecule has 1 aromatic heterocycles. The van der Waals surface area contributed by atoms with Gasteiger partial charge in [0.05, 0.1) is 16.9 Å². The van der Waals surface area contributed by atoms with Gasteiger partial charge in [0, 0.05) is 56.6 Å². The molecule has 2 aliphatic heterocycles. The highest BCUT2D eigenvalue weighted by Crippen LogP contribution is 2.30. The Bertz CT molecular complexity index is 1350. The Kier molecular flexibility index (Phi) is 19.7. The number of carbonyl (C=O) groups excluding carboxylic acids is 2. The number of aromatic nitrogens is 1. The van der Waals surface area contributed by atoms with Gasteiger partial charge in [-0.15, -0.1) is 0 Å². The largest absolute Gasteiger partial charge is 0.358 e. The van der Waals surface area contributed by atoms with E-state index >= 15 is 0 Å². The number of piperazine rings is 1. The van der Waals surface area contributed by atoms with Crippen molar-refractivity contribution >= 4 is 29.8 Å². The summed E-state index contributed by atoms with van der Waals surface area (Å²) in [5, 5.41) is 7.50. The number of amides is 1. The zero-order valence-corrected chi connectivity index (χ0v) is 31.9. The molecule has 0 atom stereocenters. The fourth-order valence-corrected chi connectivity index (χ4v) is 5.53. The van der Waals surface area contributed by atoms with Crippen LogP contribution in [0.25, 0.3) is 16.6 Å². The van der Waals surface area contributed by atoms with Gasteiger partial charge in [0.25, 0.3) is 0 Å². The minimum Gasteiger partial charge on any atom is -0.358 e. The molecular weight excluding hydrogens is 596 g/mol. The van der Waals surface area contributed by atoms with Crippen molar-refractivity contribution in [3.63, 3.8) is 0 Å². The van der Waals surface area contributed by atoms with Crippen molar-refractivity contribution < 1.29 is 9.59 Å². The smallest absolute Gasteiger partial charge is 0.211 e. The number of hydrogen-bond donors (Lipinski definition) is 2. The predicted molar refractivity (Wildman–Crippen MR) is 207 cm³/mol. The molecule has 268 valence electrons. The molecule has 2 N–H and O–H groups in total. The zero-order valence-electron chi connectivity index (χ0n) is 31.9. The first-order valence-electron chi connectivity index (χ1n) is 17.5. The van der Waals surface area contributed by atoms with Crippen LogP contribution in [0.2, 0.25) is 0 Å². The summed E-state index contributed by atoms with van der Waals surface area (Å²) >= 11 is 0. The van der Waals surface area contributed by atoms with Gasteiger partial charge in [0.1, 0.15) is 6.79 Å². The average Bonchev–Trinajstić information content (AvgIpc) is 3.68. The lowest BCUT2D eigenvalue weighted by Crippen LogP contribution is -2.43. The molecule has 2 saturated heterocycles. The second-order valence-corrected chi connectivity index (χ2v) is 13.8. The van der Waals surface area contributed by atoms with Crippen LogP contribution >= 0.6 is 0 Å². The van der Waals surface area contributed by atoms with Gasteiger partial charge in [-0.25, -0.2) is 0 Å². The average molecular weight is 663 g/mol. The Morgan fingerprint density at radius 2 is 1.50 bits per heavy atom. The van der Waals surface area contributed by atoms with Gasteiger partial charge in [-0.05, 0) is 88.6 Å². The molecule has 2 aromatic rings. The van der Waals surface area contributed by atoms with Gasteiger partial charge in [-0.2, -0.15) is 0 Å². The number of rotatable bonds is 10. The number of fused-ring (bicyclic) bond motifs is 1. The summed E-state index contributed by atoms with van der Waals surface area (Å²) < 4.78 is 2.26. The molecule has 8 nitrogen and oxygen atoms in total. The second kappa shape index (κ2) is 22.2. The molecular formula is C40H66N6O2. The van der Waals surface area contributed by atoms with Crippen LogP contribution < -0.4 is 10.6 Å². The Hall–Kier alpha value is -3.46. The van der Waals surface area contributed by atoms with Crippen LogP contribution in [0.4, 0.5) is 0 Å². The minimum atomic E-state index is -0.0963. The van der Waals surface area contributed by atoms with E-state index in [0.717, 1.165) is 61.1 Å². The van der Waals surface area contributed by atoms with Crippen molar-refractivity contribution in [2.45, 2.75) is 80.7 Å². The van der Waals surface area contributed by atoms with E-state index in [4.69, 9.17) is 4.79 Å². The molecule has 0 unspecified atom stereocenters. The molecule has 0 bridgehead atoms. The molecule has 8 heteroatoms. The molecule has 0 radical (unpaired) electrons. The van der Waals surface area contributed by atoms with Crippen molar-refractivity contribution in [1.82, 2.24) is 29.9 Å². The van der Waals surface area contributed by atoms with Gasteiger partial charge in [0.2, 0.25) is 6.41 Å². The lowest BCUT2D eigenvalue weighted by molar-refractivity contribution is -0.108. The topological polar surface area (TPSA) is 72.8 Å². The van der Waals surface area contributed by atoms with Crippen LogP contribution in [0, 0.1) is 5.41 Å². The normalized spacial score (nSPS) is 16.6. The number of nitrogens with zero attached hydrogens (tertiary/aromatic N) is 4. The monoisotopic (exact) mass is 663 g/mol. The van der Waals surface area contributed by atoms with Crippen LogP contribution in [0.3, 0.4) is 0 Å². The Balaban J connectivity index is 0.000000816. The number of benzene rings is 1. The number of aryl methyl sites for hydroxylation is 1. The van der Waals surface area contributed by atoms with Crippen LogP contribution in [0.15, 0.2) is 66.0 Å². The molecule has 48 heavy (non-hydrogen) atoms. The summed E-state index contributed by atoms with van der Waals surface area (Å²) in [5.74, 6) is 0. The number of hydrogen-bond acceptors (Lipinski definition) is 6. The molecule has 2 fully saturated rings. The number of likely N-dealkylation sites (tertiary alicyclic amines) is 1. The van der Waals surface area contributed by atoms with Crippen molar-refractivity contribution in [2.75, 3.05) is 53.4 Å². The van der Waals surface area contributed by atoms with Crippen LogP contribution in [0.1, 0.15) is 85.4 Å². The van der Waals surface area contributed by atoms with Crippen LogP contribution in [0.5, 0.6) is 0 Å². The molecule has 1 aromatic carbocycles. The summed E-state index contributed by atoms with van der Waals surface area (Å²) in [6.45, 7) is 29.2. The molecule has 1 amide bonds. The molecule has 3 heterocycles. The fourth-order valence-electron chi connectivity index (χ4n) is 5.53. The van der Waals surface area contributed by atoms with Crippen LogP contribution in [-0.4, -0.2) is 85.8 Å². The number of unbranched alkanes of at least 4 members (excludes halogenated alkanes) is 1. The van der Waals surface area contributed by atoms with E-state index in [1.807, 2.05) is 25.9 Å². The zero-order chi connectivity index (χ0) is 36.3. The van der Waals surface area contributed by atoms with E-state index in [9.17, 15) is 4.79 Å². The molecule has 4 rings (SSSR count). The quantitative estimate of drug-likeness (QED) is 0.205. The maximum atomic E-state index is 11.0. The Morgan fingerprint density at radius 1 is 0.917 bits per heavy atom. The van der Waals surface area contributed by atoms with Crippen molar-refractivity contribution in [3.8, 4) is 0 Å². The lowest BCUT2D eigenvalue weighted by Gasteiger charge is -2.32. The number of nitrogens with one attached hydrogen (secondary N) is 2. The fraction of sp³-hybridized carbons (Fsp3) is 0.550. The summed E-state index contributed by atoms with van der Waals surface area (Å²) in [7, 11) is 6.49. The second-order valence-electron chi connectivity index (χ2n) is 13.8. The predicted octanol–water partition coefficient (Wildman–Crippen LogP) is 7.35. The van der Waals surface area contributed by atoms with E-state index in [-0.39, 0.29) is 5.41 Å². The van der Waals surface area contributed by atoms with E-state index in [2.05, 4.69) is 130 Å². The molecule has 0 spiro atoms. The highest BCUT2D eigenvalue weighted by molar-refractivity contribution is 5.88. The third-order valence-corrected chi connectivity index (χ3v) is 8.70. The number of carbonyl (C=O) groups is 2. The highest BCUT2D eigenvalue weighted by atomic mass is 16.1. The van der Waals surface area contributed by atoms with Gasteiger partial charge in [0.15, 0.2) is 0 Å². The third kappa shape index (κ3) is 14.3. The van der Waals surface area contributed by atoms with Gasteiger partial charge < -0.3 is 29.8 Å². The highest BCUT2D eigenvalue weighted by Gasteiger charge is 2.19. The third-order valence-electron chi connectivity index (χ3n) is 8.70. The number of allylic oxidation sites excluding steroid dienone is 5. The van der Waals surface area contributed by atoms with Gasteiger partial charge in [-0.3, -0.25) is 9.69 Å². The summed E-state index contributed by atoms with van der Waals surface area (Å²) in [5.41, 5.74) is 7.33. The van der Waals surface area contributed by atoms with Crippen molar-refractivity contribution in [3.05, 3.63) is 77.3 Å². The Morgan fingerprint density at radius 3 is 1.98 bits per heavy atom. The first-order valence-corrected chi connectivity index (χ1v) is 17.5. The van der Waals surface area contributed by atoms with Gasteiger partial charge in [-0.1, -0.05) is 78.3 Å². The van der Waals surface area contributed by atoms with E-state index < -0.39 is 0 Å². The number of likely N-dealkylation sites (N-methyl/N-ethyl adjacent to an activating group) is 1. The number of para-hydroxylation sites is 1. The summed E-state index contributed by atoms with van der Waals surface area (Å²) in [6, 6.07) is 8.81. The van der Waals surface area contributed by atoms with E-state index in [1.54, 1.807) is 0 Å². The standard InChI is InChI=1S/C30H43N5O.C5H11N.C4H10.CH2O/c1-9-27(31-21-36)19-26(30(4,5)6)17-22(2)32-23(3)28-18-24-11-10-12-25(29(24)34(28)8)20-35-15-13-33(7)14-16-35;1-6-4-2-3-5-6;1-3-4-2;1-2/h9-12,17-19,21,32H,3,13-16,20H2,1-2,4-8H3,(H,31,36);2-5H2,1H3;3-4H2,1-2H3;1H2/b22-17+,26-19+,27-9-;;;. The van der Waals surface area contributed by atoms with Crippen molar-refractivity contribution in [1.29, 1.82) is 0 Å². The molecule has 2 aliphatic rings. The minimum absolute atomic E-state index is 0.0963. The molecule has 0 aliphatic carbocycles. The summed E-state index contributed by atoms with van der Waals surface area (Å²) in [4.78, 5) is 26.3. The van der Waals surface area contributed by atoms with Crippen LogP contribution in [-0.2, 0) is 23.2 Å². The lowest BCUT2D eigenvalue weighted by atomic mass is 9.85. The van der Waals surface area contributed by atoms with Gasteiger partial charge >= 0.3 is 0 Å². The van der Waals surface area contributed by atoms with E-state index in [0.29, 0.717) is 6.41 Å². The SMILES string of the molecule is C=C(N/C(C)=C/C(=C\C(=C\C)NC=O)C(C)(C)C)c1cc2cccc(CN3CCN(C)CC3)c2n1C.C=O.CCCC.CN1CCCC1. The maximum absolute atomic E-state index is 11.0.